The fraction of sp³-hybridized carbons (Fsp3) is 0.294. The second kappa shape index (κ2) is 5.95. The normalized spacial score (nSPS) is 20.6. The van der Waals surface area contributed by atoms with Crippen LogP contribution >= 0.6 is 0 Å². The van der Waals surface area contributed by atoms with E-state index in [1.807, 2.05) is 61.9 Å². The number of benzene rings is 1. The molecule has 1 aromatic carbocycles. The van der Waals surface area contributed by atoms with E-state index in [-0.39, 0.29) is 17.8 Å². The summed E-state index contributed by atoms with van der Waals surface area (Å²) in [6.45, 7) is 0.323. The molecule has 2 aromatic rings. The molecule has 1 aromatic heterocycles. The lowest BCUT2D eigenvalue weighted by Gasteiger charge is -2.00. The molecule has 0 spiro atoms. The van der Waals surface area contributed by atoms with Gasteiger partial charge in [0.25, 0.3) is 0 Å². The number of hydrogen-bond donors (Lipinski definition) is 0. The Hall–Kier alpha value is -2.36. The summed E-state index contributed by atoms with van der Waals surface area (Å²) in [6, 6.07) is 9.96. The van der Waals surface area contributed by atoms with Gasteiger partial charge < -0.3 is 4.74 Å². The zero-order valence-electron chi connectivity index (χ0n) is 12.0. The van der Waals surface area contributed by atoms with E-state index < -0.39 is 0 Å². The molecule has 0 N–H and O–H groups in total. The molecule has 1 aliphatic rings. The smallest absolute Gasteiger partial charge is 0.309 e. The van der Waals surface area contributed by atoms with Crippen molar-refractivity contribution in [1.82, 2.24) is 9.78 Å². The molecule has 1 fully saturated rings. The van der Waals surface area contributed by atoms with Crippen LogP contribution in [0, 0.1) is 5.92 Å². The molecule has 2 atom stereocenters. The van der Waals surface area contributed by atoms with E-state index >= 15 is 0 Å². The van der Waals surface area contributed by atoms with Crippen molar-refractivity contribution < 1.29 is 9.53 Å². The second-order valence-corrected chi connectivity index (χ2v) is 5.34. The highest BCUT2D eigenvalue weighted by Crippen LogP contribution is 2.47. The van der Waals surface area contributed by atoms with Crippen molar-refractivity contribution in [3.63, 3.8) is 0 Å². The van der Waals surface area contributed by atoms with Gasteiger partial charge in [-0.1, -0.05) is 36.4 Å². The molecule has 1 aliphatic carbocycles. The first-order valence-corrected chi connectivity index (χ1v) is 7.11. The summed E-state index contributed by atoms with van der Waals surface area (Å²) in [5, 5.41) is 4.13. The van der Waals surface area contributed by atoms with Crippen LogP contribution in [-0.2, 0) is 16.6 Å². The van der Waals surface area contributed by atoms with E-state index in [1.54, 1.807) is 4.68 Å². The summed E-state index contributed by atoms with van der Waals surface area (Å²) in [6.07, 6.45) is 8.49. The third kappa shape index (κ3) is 3.40. The Morgan fingerprint density at radius 3 is 2.95 bits per heavy atom. The fourth-order valence-electron chi connectivity index (χ4n) is 2.44. The molecular weight excluding hydrogens is 264 g/mol. The molecule has 4 nitrogen and oxygen atoms in total. The molecule has 3 rings (SSSR count). The van der Waals surface area contributed by atoms with Gasteiger partial charge in [-0.05, 0) is 23.6 Å². The van der Waals surface area contributed by atoms with Crippen molar-refractivity contribution in [3.8, 4) is 0 Å². The van der Waals surface area contributed by atoms with Crippen LogP contribution in [0.5, 0.6) is 0 Å². The van der Waals surface area contributed by atoms with Gasteiger partial charge in [0.05, 0.1) is 12.1 Å². The van der Waals surface area contributed by atoms with Crippen LogP contribution in [0.3, 0.4) is 0 Å². The van der Waals surface area contributed by atoms with Gasteiger partial charge in [0.15, 0.2) is 0 Å². The average Bonchev–Trinajstić information content (AvgIpc) is 3.19. The van der Waals surface area contributed by atoms with Gasteiger partial charge in [-0.2, -0.15) is 5.10 Å². The first kappa shape index (κ1) is 13.6. The lowest BCUT2D eigenvalue weighted by Crippen LogP contribution is -2.07. The summed E-state index contributed by atoms with van der Waals surface area (Å²) in [5.41, 5.74) is 2.23. The van der Waals surface area contributed by atoms with E-state index in [0.29, 0.717) is 6.61 Å². The molecular formula is C17H18N2O2. The maximum absolute atomic E-state index is 11.9. The molecule has 0 aliphatic heterocycles. The minimum atomic E-state index is -0.110. The van der Waals surface area contributed by atoms with Crippen LogP contribution in [0.15, 0.2) is 48.8 Å². The maximum atomic E-state index is 11.9. The maximum Gasteiger partial charge on any atom is 0.309 e. The molecule has 0 radical (unpaired) electrons. The number of ether oxygens (including phenoxy) is 1. The quantitative estimate of drug-likeness (QED) is 0.792. The van der Waals surface area contributed by atoms with Crippen LogP contribution in [0.4, 0.5) is 0 Å². The topological polar surface area (TPSA) is 44.1 Å². The van der Waals surface area contributed by atoms with Crippen LogP contribution in [0.1, 0.15) is 23.5 Å². The highest BCUT2D eigenvalue weighted by atomic mass is 16.5. The van der Waals surface area contributed by atoms with Crippen molar-refractivity contribution in [2.75, 3.05) is 6.61 Å². The molecule has 1 heterocycles. The predicted molar refractivity (Wildman–Crippen MR) is 80.5 cm³/mol. The summed E-state index contributed by atoms with van der Waals surface area (Å²) in [4.78, 5) is 11.9. The molecule has 0 unspecified atom stereocenters. The number of nitrogens with zero attached hydrogens (tertiary/aromatic N) is 2. The number of esters is 1. The number of carbonyl (C=O) groups excluding carboxylic acids is 1. The van der Waals surface area contributed by atoms with Crippen molar-refractivity contribution in [2.45, 2.75) is 12.3 Å². The number of hydrogen-bond acceptors (Lipinski definition) is 3. The summed E-state index contributed by atoms with van der Waals surface area (Å²) >= 11 is 0. The Labute approximate surface area is 124 Å². The minimum absolute atomic E-state index is 0.000625. The standard InChI is InChI=1S/C17H18N2O2/c1-19-12-14(11-18-19)15-10-16(15)17(20)21-9-5-8-13-6-3-2-4-7-13/h2-8,11-12,15-16H,9-10H2,1H3/b8-5-/t15-,16-/m0/s1. The number of aromatic nitrogens is 2. The zero-order valence-corrected chi connectivity index (χ0v) is 12.0. The van der Waals surface area contributed by atoms with E-state index in [1.165, 1.54) is 0 Å². The van der Waals surface area contributed by atoms with Gasteiger partial charge >= 0.3 is 5.97 Å². The molecule has 1 saturated carbocycles. The van der Waals surface area contributed by atoms with Gasteiger partial charge in [0, 0.05) is 19.2 Å². The first-order chi connectivity index (χ1) is 10.2. The molecule has 108 valence electrons. The molecule has 0 saturated heterocycles. The van der Waals surface area contributed by atoms with Gasteiger partial charge in [-0.3, -0.25) is 9.48 Å². The van der Waals surface area contributed by atoms with Crippen molar-refractivity contribution in [3.05, 3.63) is 59.9 Å². The Balaban J connectivity index is 1.45. The molecule has 0 bridgehead atoms. The number of rotatable bonds is 5. The summed E-state index contributed by atoms with van der Waals surface area (Å²) in [5.74, 6) is 0.171. The van der Waals surface area contributed by atoms with Crippen molar-refractivity contribution in [2.24, 2.45) is 13.0 Å². The van der Waals surface area contributed by atoms with E-state index in [4.69, 9.17) is 4.74 Å². The third-order valence-corrected chi connectivity index (χ3v) is 3.68. The van der Waals surface area contributed by atoms with E-state index in [9.17, 15) is 4.79 Å². The first-order valence-electron chi connectivity index (χ1n) is 7.11. The Bertz CT molecular complexity index is 646. The SMILES string of the molecule is Cn1cc([C@@H]2C[C@@H]2C(=O)OC/C=C\c2ccccc2)cn1. The van der Waals surface area contributed by atoms with Gasteiger partial charge in [-0.25, -0.2) is 0 Å². The number of aryl methyl sites for hydroxylation is 1. The number of carbonyl (C=O) groups is 1. The van der Waals surface area contributed by atoms with Crippen LogP contribution < -0.4 is 0 Å². The lowest BCUT2D eigenvalue weighted by molar-refractivity contribution is -0.144. The molecule has 4 heteroatoms. The van der Waals surface area contributed by atoms with Crippen LogP contribution in [0.25, 0.3) is 6.08 Å². The van der Waals surface area contributed by atoms with Crippen LogP contribution in [-0.4, -0.2) is 22.4 Å². The van der Waals surface area contributed by atoms with E-state index in [2.05, 4.69) is 5.10 Å². The highest BCUT2D eigenvalue weighted by Gasteiger charge is 2.45. The molecule has 21 heavy (non-hydrogen) atoms. The second-order valence-electron chi connectivity index (χ2n) is 5.34. The van der Waals surface area contributed by atoms with E-state index in [0.717, 1.165) is 17.5 Å². The summed E-state index contributed by atoms with van der Waals surface area (Å²) < 4.78 is 7.06. The largest absolute Gasteiger partial charge is 0.461 e. The Kier molecular flexibility index (Phi) is 3.86. The lowest BCUT2D eigenvalue weighted by atomic mass is 10.2. The Morgan fingerprint density at radius 1 is 1.43 bits per heavy atom. The minimum Gasteiger partial charge on any atom is -0.461 e. The zero-order chi connectivity index (χ0) is 14.7. The highest BCUT2D eigenvalue weighted by molar-refractivity contribution is 5.77. The molecule has 0 amide bonds. The fourth-order valence-corrected chi connectivity index (χ4v) is 2.44. The summed E-state index contributed by atoms with van der Waals surface area (Å²) in [7, 11) is 1.88. The van der Waals surface area contributed by atoms with Crippen molar-refractivity contribution >= 4 is 12.0 Å². The van der Waals surface area contributed by atoms with Crippen LogP contribution in [0.2, 0.25) is 0 Å². The predicted octanol–water partition coefficient (Wildman–Crippen LogP) is 2.78. The van der Waals surface area contributed by atoms with Crippen molar-refractivity contribution in [1.29, 1.82) is 0 Å². The monoisotopic (exact) mass is 282 g/mol. The van der Waals surface area contributed by atoms with Gasteiger partial charge in [0.2, 0.25) is 0 Å². The van der Waals surface area contributed by atoms with Gasteiger partial charge in [-0.15, -0.1) is 0 Å². The average molecular weight is 282 g/mol. The Morgan fingerprint density at radius 2 is 2.24 bits per heavy atom. The van der Waals surface area contributed by atoms with Gasteiger partial charge in [0.1, 0.15) is 6.61 Å². The third-order valence-electron chi connectivity index (χ3n) is 3.68.